The number of aromatic nitrogens is 3. The topological polar surface area (TPSA) is 111 Å². The number of fused-ring (bicyclic) bond motifs is 3. The third-order valence-corrected chi connectivity index (χ3v) is 6.98. The maximum absolute atomic E-state index is 15.0. The molecule has 9 nitrogen and oxygen atoms in total. The predicted molar refractivity (Wildman–Crippen MR) is 126 cm³/mol. The summed E-state index contributed by atoms with van der Waals surface area (Å²) in [4.78, 5) is 11.9. The summed E-state index contributed by atoms with van der Waals surface area (Å²) in [7, 11) is 0. The van der Waals surface area contributed by atoms with Crippen LogP contribution in [0.1, 0.15) is 30.5 Å². The average Bonchev–Trinajstić information content (AvgIpc) is 3.59. The summed E-state index contributed by atoms with van der Waals surface area (Å²) in [5, 5.41) is 13.4. The summed E-state index contributed by atoms with van der Waals surface area (Å²) in [6.07, 6.45) is -0.853. The first kappa shape index (κ1) is 24.5. The van der Waals surface area contributed by atoms with E-state index in [1.54, 1.807) is 12.1 Å². The number of rotatable bonds is 7. The normalized spacial score (nSPS) is 26.9. The van der Waals surface area contributed by atoms with Crippen LogP contribution in [-0.4, -0.2) is 70.2 Å². The molecule has 5 atom stereocenters. The third-order valence-electron chi connectivity index (χ3n) is 6.69. The second kappa shape index (κ2) is 9.19. The van der Waals surface area contributed by atoms with Gasteiger partial charge in [0.25, 0.3) is 11.9 Å². The van der Waals surface area contributed by atoms with E-state index in [2.05, 4.69) is 20.3 Å². The number of benzene rings is 1. The van der Waals surface area contributed by atoms with E-state index in [1.165, 1.54) is 0 Å². The number of halogens is 4. The maximum Gasteiger partial charge on any atom is 0.296 e. The van der Waals surface area contributed by atoms with Gasteiger partial charge in [-0.1, -0.05) is 11.6 Å². The van der Waals surface area contributed by atoms with Crippen molar-refractivity contribution >= 4 is 28.6 Å². The molecule has 2 aliphatic heterocycles. The highest BCUT2D eigenvalue weighted by atomic mass is 35.5. The zero-order valence-electron chi connectivity index (χ0n) is 19.6. The monoisotopic (exact) mass is 540 g/mol. The molecule has 13 heteroatoms. The van der Waals surface area contributed by atoms with Crippen molar-refractivity contribution in [2.45, 2.75) is 56.1 Å². The number of aliphatic hydroxyl groups excluding tert-OH is 1. The molecule has 3 N–H and O–H groups in total. The van der Waals surface area contributed by atoms with E-state index in [-0.39, 0.29) is 25.0 Å². The number of pyridine rings is 1. The van der Waals surface area contributed by atoms with Crippen LogP contribution in [0.5, 0.6) is 11.8 Å². The first-order valence-electron chi connectivity index (χ1n) is 11.9. The second-order valence-corrected chi connectivity index (χ2v) is 10.0. The minimum absolute atomic E-state index is 0.0663. The number of imidazole rings is 1. The smallest absolute Gasteiger partial charge is 0.296 e. The summed E-state index contributed by atoms with van der Waals surface area (Å²) in [6, 6.07) is 4.13. The Bertz CT molecular complexity index is 1340. The highest BCUT2D eigenvalue weighted by Gasteiger charge is 2.48. The van der Waals surface area contributed by atoms with Gasteiger partial charge < -0.3 is 34.4 Å². The Morgan fingerprint density at radius 1 is 1.22 bits per heavy atom. The Morgan fingerprint density at radius 2 is 2.03 bits per heavy atom. The lowest BCUT2D eigenvalue weighted by Crippen LogP contribution is -2.34. The summed E-state index contributed by atoms with van der Waals surface area (Å²) in [5.74, 6) is -3.18. The lowest BCUT2D eigenvalue weighted by atomic mass is 10.1. The number of hydrogen-bond acceptors (Lipinski definition) is 8. The van der Waals surface area contributed by atoms with Gasteiger partial charge in [0, 0.05) is 18.6 Å². The molecule has 3 unspecified atom stereocenters. The highest BCUT2D eigenvalue weighted by molar-refractivity contribution is 6.33. The van der Waals surface area contributed by atoms with E-state index in [0.717, 1.165) is 13.0 Å². The molecule has 0 radical (unpaired) electrons. The fourth-order valence-corrected chi connectivity index (χ4v) is 5.24. The number of aliphatic hydroxyl groups is 1. The summed E-state index contributed by atoms with van der Waals surface area (Å²) in [5.41, 5.74) is 1.98. The molecule has 1 aliphatic carbocycles. The molecule has 4 heterocycles. The lowest BCUT2D eigenvalue weighted by Gasteiger charge is -2.17. The van der Waals surface area contributed by atoms with Crippen LogP contribution in [-0.2, 0) is 15.9 Å². The second-order valence-electron chi connectivity index (χ2n) is 9.62. The van der Waals surface area contributed by atoms with Gasteiger partial charge in [-0.25, -0.2) is 18.2 Å². The van der Waals surface area contributed by atoms with Crippen LogP contribution in [0.4, 0.5) is 19.0 Å². The molecule has 0 amide bonds. The van der Waals surface area contributed by atoms with Crippen molar-refractivity contribution in [1.29, 1.82) is 0 Å². The molecular formula is C24H24ClF3N4O5. The first-order chi connectivity index (χ1) is 17.6. The quantitative estimate of drug-likeness (QED) is 0.415. The zero-order chi connectivity index (χ0) is 25.9. The van der Waals surface area contributed by atoms with Gasteiger partial charge in [-0.05, 0) is 30.5 Å². The van der Waals surface area contributed by atoms with E-state index < -0.39 is 48.8 Å². The number of aromatic amines is 1. The molecular weight excluding hydrogens is 517 g/mol. The molecule has 2 fully saturated rings. The van der Waals surface area contributed by atoms with Gasteiger partial charge in [-0.3, -0.25) is 0 Å². The Balaban J connectivity index is 1.18. The summed E-state index contributed by atoms with van der Waals surface area (Å²) < 4.78 is 63.3. The van der Waals surface area contributed by atoms with E-state index in [0.29, 0.717) is 46.0 Å². The molecule has 0 bridgehead atoms. The molecule has 3 aliphatic rings. The van der Waals surface area contributed by atoms with Gasteiger partial charge in [0.1, 0.15) is 35.7 Å². The van der Waals surface area contributed by atoms with Gasteiger partial charge in [-0.2, -0.15) is 4.98 Å². The van der Waals surface area contributed by atoms with Gasteiger partial charge in [0.15, 0.2) is 18.4 Å². The SMILES string of the molecule is CC(F)(F)COc1cc(F)c2c(c1)CCC2Nc1nc2nc(O[C@@H]3COC4C3OC[C@H]4O)[nH]c2cc1Cl. The highest BCUT2D eigenvalue weighted by Crippen LogP contribution is 2.39. The Morgan fingerprint density at radius 3 is 2.84 bits per heavy atom. The third kappa shape index (κ3) is 4.78. The van der Waals surface area contributed by atoms with Crippen molar-refractivity contribution in [2.24, 2.45) is 0 Å². The van der Waals surface area contributed by atoms with Crippen molar-refractivity contribution in [3.8, 4) is 11.8 Å². The number of nitrogens with one attached hydrogen (secondary N) is 2. The zero-order valence-corrected chi connectivity index (χ0v) is 20.4. The minimum atomic E-state index is -3.02. The van der Waals surface area contributed by atoms with Crippen LogP contribution in [0.2, 0.25) is 5.02 Å². The molecule has 37 heavy (non-hydrogen) atoms. The number of nitrogens with zero attached hydrogens (tertiary/aromatic N) is 2. The Kier molecular flexibility index (Phi) is 6.09. The fourth-order valence-electron chi connectivity index (χ4n) is 5.03. The van der Waals surface area contributed by atoms with E-state index in [1.807, 2.05) is 0 Å². The molecule has 2 aromatic heterocycles. The first-order valence-corrected chi connectivity index (χ1v) is 12.3. The van der Waals surface area contributed by atoms with Crippen molar-refractivity contribution < 1.29 is 37.2 Å². The van der Waals surface area contributed by atoms with Crippen molar-refractivity contribution in [3.63, 3.8) is 0 Å². The molecule has 3 aromatic rings. The van der Waals surface area contributed by atoms with Crippen LogP contribution in [0, 0.1) is 5.82 Å². The van der Waals surface area contributed by atoms with Crippen LogP contribution < -0.4 is 14.8 Å². The van der Waals surface area contributed by atoms with E-state index >= 15 is 0 Å². The largest absolute Gasteiger partial charge is 0.487 e. The van der Waals surface area contributed by atoms with E-state index in [9.17, 15) is 18.3 Å². The number of H-pyrrole nitrogens is 1. The Labute approximate surface area is 214 Å². The molecule has 198 valence electrons. The van der Waals surface area contributed by atoms with Crippen LogP contribution >= 0.6 is 11.6 Å². The van der Waals surface area contributed by atoms with Crippen molar-refractivity contribution in [2.75, 3.05) is 25.1 Å². The van der Waals surface area contributed by atoms with Crippen LogP contribution in [0.25, 0.3) is 11.2 Å². The maximum atomic E-state index is 15.0. The van der Waals surface area contributed by atoms with Gasteiger partial charge >= 0.3 is 0 Å². The van der Waals surface area contributed by atoms with Crippen molar-refractivity contribution in [3.05, 3.63) is 40.2 Å². The number of alkyl halides is 2. The summed E-state index contributed by atoms with van der Waals surface area (Å²) in [6.45, 7) is 0.359. The predicted octanol–water partition coefficient (Wildman–Crippen LogP) is 3.79. The summed E-state index contributed by atoms with van der Waals surface area (Å²) >= 11 is 6.46. The van der Waals surface area contributed by atoms with Crippen molar-refractivity contribution in [1.82, 2.24) is 15.0 Å². The minimum Gasteiger partial charge on any atom is -0.487 e. The fraction of sp³-hybridized carbons (Fsp3) is 0.500. The van der Waals surface area contributed by atoms with E-state index in [4.69, 9.17) is 30.5 Å². The number of aryl methyl sites for hydroxylation is 1. The molecule has 0 saturated carbocycles. The number of ether oxygens (including phenoxy) is 4. The number of anilines is 1. The molecule has 2 saturated heterocycles. The average molecular weight is 541 g/mol. The Hall–Kier alpha value is -2.80. The number of hydrogen-bond donors (Lipinski definition) is 3. The standard InChI is InChI=1S/C24H24ClF3N4O5/c1-24(27,28)9-36-11-4-10-2-3-14(18(10)13(26)5-11)29-21-12(25)6-15-22(31-21)32-23(30-15)37-17-8-35-19-16(33)7-34-20(17)19/h4-6,14,16-17,19-20,33H,2-3,7-9H2,1H3,(H2,29,30,31,32)/t14?,16-,17-,19?,20?/m1/s1. The van der Waals surface area contributed by atoms with Crippen LogP contribution in [0.3, 0.4) is 0 Å². The lowest BCUT2D eigenvalue weighted by molar-refractivity contribution is -0.0230. The van der Waals surface area contributed by atoms with Gasteiger partial charge in [-0.15, -0.1) is 0 Å². The molecule has 1 aromatic carbocycles. The van der Waals surface area contributed by atoms with Gasteiger partial charge in [0.05, 0.1) is 29.8 Å². The molecule has 6 rings (SSSR count). The molecule has 0 spiro atoms. The van der Waals surface area contributed by atoms with Crippen LogP contribution in [0.15, 0.2) is 18.2 Å². The van der Waals surface area contributed by atoms with Gasteiger partial charge in [0.2, 0.25) is 0 Å².